The Balaban J connectivity index is 1.63. The zero-order valence-corrected chi connectivity index (χ0v) is 13.7. The van der Waals surface area contributed by atoms with Gasteiger partial charge in [0.05, 0.1) is 5.92 Å². The number of hydrogen-bond donors (Lipinski definition) is 1. The molecule has 5 nitrogen and oxygen atoms in total. The first-order chi connectivity index (χ1) is 11.0. The molecule has 1 saturated heterocycles. The average Bonchev–Trinajstić information content (AvgIpc) is 3.07. The van der Waals surface area contributed by atoms with Crippen molar-refractivity contribution in [3.05, 3.63) is 29.7 Å². The molecule has 1 aliphatic heterocycles. The van der Waals surface area contributed by atoms with Crippen LogP contribution in [0.5, 0.6) is 0 Å². The van der Waals surface area contributed by atoms with Crippen molar-refractivity contribution in [2.24, 2.45) is 17.6 Å². The summed E-state index contributed by atoms with van der Waals surface area (Å²) in [5.41, 5.74) is 5.38. The van der Waals surface area contributed by atoms with Gasteiger partial charge in [-0.3, -0.25) is 9.59 Å². The molecule has 4 unspecified atom stereocenters. The van der Waals surface area contributed by atoms with Gasteiger partial charge in [-0.05, 0) is 50.3 Å². The molecule has 1 saturated carbocycles. The predicted molar refractivity (Wildman–Crippen MR) is 87.4 cm³/mol. The summed E-state index contributed by atoms with van der Waals surface area (Å²) in [6.45, 7) is 4.62. The normalized spacial score (nSPS) is 30.6. The minimum Gasteiger partial charge on any atom is -0.461 e. The van der Waals surface area contributed by atoms with Crippen LogP contribution in [0.3, 0.4) is 0 Å². The SMILES string of the molecule is CC1CC1c1ccc(C=CC(=O)N2CC(C(N)=O)CCC2C)o1. The van der Waals surface area contributed by atoms with E-state index in [1.807, 2.05) is 19.1 Å². The van der Waals surface area contributed by atoms with Crippen molar-refractivity contribution in [1.29, 1.82) is 0 Å². The lowest BCUT2D eigenvalue weighted by Crippen LogP contribution is -2.48. The Hall–Kier alpha value is -2.04. The molecule has 0 bridgehead atoms. The highest BCUT2D eigenvalue weighted by Gasteiger charge is 2.36. The molecule has 1 aliphatic carbocycles. The van der Waals surface area contributed by atoms with E-state index in [2.05, 4.69) is 6.92 Å². The highest BCUT2D eigenvalue weighted by molar-refractivity contribution is 5.92. The molecule has 2 heterocycles. The molecule has 2 amide bonds. The number of piperidine rings is 1. The maximum absolute atomic E-state index is 12.4. The minimum atomic E-state index is -0.326. The topological polar surface area (TPSA) is 76.5 Å². The Labute approximate surface area is 136 Å². The Kier molecular flexibility index (Phi) is 4.28. The van der Waals surface area contributed by atoms with Gasteiger partial charge in [0.25, 0.3) is 0 Å². The summed E-state index contributed by atoms with van der Waals surface area (Å²) in [5, 5.41) is 0. The summed E-state index contributed by atoms with van der Waals surface area (Å²) in [7, 11) is 0. The zero-order valence-electron chi connectivity index (χ0n) is 13.7. The fraction of sp³-hybridized carbons (Fsp3) is 0.556. The number of rotatable bonds is 4. The maximum Gasteiger partial charge on any atom is 0.246 e. The minimum absolute atomic E-state index is 0.0961. The van der Waals surface area contributed by atoms with Crippen LogP contribution in [-0.4, -0.2) is 29.3 Å². The Morgan fingerprint density at radius 1 is 1.30 bits per heavy atom. The lowest BCUT2D eigenvalue weighted by molar-refractivity contribution is -0.133. The van der Waals surface area contributed by atoms with Crippen LogP contribution in [0.2, 0.25) is 0 Å². The fourth-order valence-electron chi connectivity index (χ4n) is 3.27. The third-order valence-corrected chi connectivity index (χ3v) is 5.08. The lowest BCUT2D eigenvalue weighted by atomic mass is 9.93. The standard InChI is InChI=1S/C18H24N2O3/c1-11-9-15(11)16-7-5-14(23-16)6-8-17(21)20-10-13(18(19)22)4-3-12(20)2/h5-8,11-13,15H,3-4,9-10H2,1-2H3,(H2,19,22). The summed E-state index contributed by atoms with van der Waals surface area (Å²) < 4.78 is 5.77. The van der Waals surface area contributed by atoms with Gasteiger partial charge in [-0.15, -0.1) is 0 Å². The van der Waals surface area contributed by atoms with Crippen LogP contribution in [0.25, 0.3) is 6.08 Å². The van der Waals surface area contributed by atoms with Crippen LogP contribution in [0.4, 0.5) is 0 Å². The summed E-state index contributed by atoms with van der Waals surface area (Å²) in [6.07, 6.45) is 5.97. The molecular formula is C18H24N2O3. The van der Waals surface area contributed by atoms with Gasteiger partial charge in [0.1, 0.15) is 11.5 Å². The van der Waals surface area contributed by atoms with E-state index in [4.69, 9.17) is 10.2 Å². The zero-order chi connectivity index (χ0) is 16.6. The fourth-order valence-corrected chi connectivity index (χ4v) is 3.27. The van der Waals surface area contributed by atoms with Gasteiger partial charge in [-0.1, -0.05) is 6.92 Å². The first-order valence-electron chi connectivity index (χ1n) is 8.33. The van der Waals surface area contributed by atoms with Crippen LogP contribution < -0.4 is 5.73 Å². The average molecular weight is 316 g/mol. The van der Waals surface area contributed by atoms with Crippen molar-refractivity contribution >= 4 is 17.9 Å². The van der Waals surface area contributed by atoms with E-state index in [1.54, 1.807) is 11.0 Å². The monoisotopic (exact) mass is 316 g/mol. The number of furan rings is 1. The van der Waals surface area contributed by atoms with Crippen molar-refractivity contribution in [2.75, 3.05) is 6.54 Å². The molecule has 23 heavy (non-hydrogen) atoms. The second-order valence-corrected chi connectivity index (χ2v) is 6.91. The number of carbonyl (C=O) groups excluding carboxylic acids is 2. The Morgan fingerprint density at radius 3 is 2.70 bits per heavy atom. The highest BCUT2D eigenvalue weighted by atomic mass is 16.3. The number of nitrogens with two attached hydrogens (primary N) is 1. The van der Waals surface area contributed by atoms with E-state index in [-0.39, 0.29) is 23.8 Å². The van der Waals surface area contributed by atoms with E-state index in [0.717, 1.165) is 18.6 Å². The number of amides is 2. The second-order valence-electron chi connectivity index (χ2n) is 6.91. The Bertz CT molecular complexity index is 634. The van der Waals surface area contributed by atoms with Gasteiger partial charge >= 0.3 is 0 Å². The van der Waals surface area contributed by atoms with E-state index in [9.17, 15) is 9.59 Å². The maximum atomic E-state index is 12.4. The van der Waals surface area contributed by atoms with E-state index < -0.39 is 0 Å². The van der Waals surface area contributed by atoms with Gasteiger partial charge in [0, 0.05) is 24.6 Å². The molecule has 1 aromatic rings. The largest absolute Gasteiger partial charge is 0.461 e. The molecule has 5 heteroatoms. The van der Waals surface area contributed by atoms with Crippen molar-refractivity contribution in [3.8, 4) is 0 Å². The molecule has 2 N–H and O–H groups in total. The molecule has 124 valence electrons. The summed E-state index contributed by atoms with van der Waals surface area (Å²) in [4.78, 5) is 25.5. The van der Waals surface area contributed by atoms with E-state index in [0.29, 0.717) is 24.1 Å². The number of carbonyl (C=O) groups is 2. The lowest BCUT2D eigenvalue weighted by Gasteiger charge is -2.36. The van der Waals surface area contributed by atoms with Gasteiger partial charge in [0.2, 0.25) is 11.8 Å². The van der Waals surface area contributed by atoms with Crippen molar-refractivity contribution in [2.45, 2.75) is 45.1 Å². The molecule has 0 spiro atoms. The van der Waals surface area contributed by atoms with Crippen LogP contribution in [0, 0.1) is 11.8 Å². The quantitative estimate of drug-likeness (QED) is 0.867. The Morgan fingerprint density at radius 2 is 2.04 bits per heavy atom. The third-order valence-electron chi connectivity index (χ3n) is 5.08. The molecular weight excluding hydrogens is 292 g/mol. The van der Waals surface area contributed by atoms with Crippen LogP contribution in [0.15, 0.2) is 22.6 Å². The molecule has 2 aliphatic rings. The molecule has 3 rings (SSSR count). The molecule has 0 aromatic carbocycles. The molecule has 4 atom stereocenters. The first-order valence-corrected chi connectivity index (χ1v) is 8.33. The van der Waals surface area contributed by atoms with Crippen molar-refractivity contribution in [1.82, 2.24) is 4.90 Å². The summed E-state index contributed by atoms with van der Waals surface area (Å²) >= 11 is 0. The third kappa shape index (κ3) is 3.49. The van der Waals surface area contributed by atoms with Crippen molar-refractivity contribution < 1.29 is 14.0 Å². The number of likely N-dealkylation sites (tertiary alicyclic amines) is 1. The van der Waals surface area contributed by atoms with Crippen LogP contribution in [0.1, 0.15) is 50.5 Å². The van der Waals surface area contributed by atoms with Crippen molar-refractivity contribution in [3.63, 3.8) is 0 Å². The van der Waals surface area contributed by atoms with E-state index >= 15 is 0 Å². The second kappa shape index (κ2) is 6.22. The molecule has 1 aromatic heterocycles. The highest BCUT2D eigenvalue weighted by Crippen LogP contribution is 2.47. The number of primary amides is 1. The summed E-state index contributed by atoms with van der Waals surface area (Å²) in [6, 6.07) is 4.02. The van der Waals surface area contributed by atoms with Gasteiger partial charge < -0.3 is 15.1 Å². The van der Waals surface area contributed by atoms with E-state index in [1.165, 1.54) is 12.5 Å². The van der Waals surface area contributed by atoms with Gasteiger partial charge in [-0.2, -0.15) is 0 Å². The first kappa shape index (κ1) is 15.8. The number of nitrogens with zero attached hydrogens (tertiary/aromatic N) is 1. The predicted octanol–water partition coefficient (Wildman–Crippen LogP) is 2.53. The van der Waals surface area contributed by atoms with Crippen LogP contribution in [-0.2, 0) is 9.59 Å². The van der Waals surface area contributed by atoms with Gasteiger partial charge in [0.15, 0.2) is 0 Å². The smallest absolute Gasteiger partial charge is 0.246 e. The van der Waals surface area contributed by atoms with Gasteiger partial charge in [-0.25, -0.2) is 0 Å². The molecule has 2 fully saturated rings. The summed E-state index contributed by atoms with van der Waals surface area (Å²) in [5.74, 6) is 2.27. The van der Waals surface area contributed by atoms with Crippen LogP contribution >= 0.6 is 0 Å². The number of hydrogen-bond acceptors (Lipinski definition) is 3. The molecule has 0 radical (unpaired) electrons.